The topological polar surface area (TPSA) is 21.3 Å². The monoisotopic (exact) mass is 301 g/mol. The Bertz CT molecular complexity index is 582. The van der Waals surface area contributed by atoms with Gasteiger partial charge in [0.15, 0.2) is 0 Å². The summed E-state index contributed by atoms with van der Waals surface area (Å²) >= 11 is 2.00. The molecule has 0 spiro atoms. The maximum Gasteiger partial charge on any atom is 0.122 e. The summed E-state index contributed by atoms with van der Waals surface area (Å²) in [4.78, 5) is 3.08. The molecule has 0 saturated heterocycles. The van der Waals surface area contributed by atoms with Crippen molar-refractivity contribution >= 4 is 11.3 Å². The van der Waals surface area contributed by atoms with Crippen molar-refractivity contribution in [2.24, 2.45) is 0 Å². The van der Waals surface area contributed by atoms with Crippen LogP contribution in [-0.4, -0.2) is 14.2 Å². The molecule has 112 valence electrons. The van der Waals surface area contributed by atoms with Crippen LogP contribution in [0.2, 0.25) is 0 Å². The van der Waals surface area contributed by atoms with Crippen LogP contribution in [-0.2, 0) is 19.3 Å². The molecule has 0 aliphatic heterocycles. The van der Waals surface area contributed by atoms with Gasteiger partial charge in [0.05, 0.1) is 7.11 Å². The van der Waals surface area contributed by atoms with Crippen molar-refractivity contribution in [3.8, 4) is 5.75 Å². The molecule has 1 aromatic carbocycles. The van der Waals surface area contributed by atoms with E-state index in [0.717, 1.165) is 12.2 Å². The molecule has 21 heavy (non-hydrogen) atoms. The van der Waals surface area contributed by atoms with E-state index in [0.29, 0.717) is 6.04 Å². The van der Waals surface area contributed by atoms with Gasteiger partial charge >= 0.3 is 0 Å². The van der Waals surface area contributed by atoms with Gasteiger partial charge in [-0.05, 0) is 62.4 Å². The van der Waals surface area contributed by atoms with Crippen LogP contribution in [0.25, 0.3) is 0 Å². The maximum atomic E-state index is 5.48. The highest BCUT2D eigenvalue weighted by Crippen LogP contribution is 2.34. The first-order valence-corrected chi connectivity index (χ1v) is 8.54. The minimum absolute atomic E-state index is 0.372. The molecule has 2 nitrogen and oxygen atoms in total. The lowest BCUT2D eigenvalue weighted by molar-refractivity contribution is 0.406. The zero-order chi connectivity index (χ0) is 14.7. The highest BCUT2D eigenvalue weighted by atomic mass is 32.1. The number of thiophene rings is 1. The summed E-state index contributed by atoms with van der Waals surface area (Å²) in [6, 6.07) is 11.1. The van der Waals surface area contributed by atoms with Crippen molar-refractivity contribution in [1.29, 1.82) is 0 Å². The molecule has 0 radical (unpaired) electrons. The molecule has 0 fully saturated rings. The second kappa shape index (κ2) is 6.63. The van der Waals surface area contributed by atoms with Crippen LogP contribution in [0.5, 0.6) is 5.75 Å². The minimum Gasteiger partial charge on any atom is -0.496 e. The quantitative estimate of drug-likeness (QED) is 0.896. The maximum absolute atomic E-state index is 5.48. The third-order valence-electron chi connectivity index (χ3n) is 4.32. The number of para-hydroxylation sites is 1. The average molecular weight is 301 g/mol. The SMILES string of the molecule is CNC(Cc1ccccc1OC)c1cc2c(s1)CCCC2. The zero-order valence-corrected chi connectivity index (χ0v) is 13.6. The Morgan fingerprint density at radius 2 is 2.05 bits per heavy atom. The predicted molar refractivity (Wildman–Crippen MR) is 89.5 cm³/mol. The van der Waals surface area contributed by atoms with Gasteiger partial charge in [0.2, 0.25) is 0 Å². The van der Waals surface area contributed by atoms with Gasteiger partial charge in [0, 0.05) is 15.8 Å². The zero-order valence-electron chi connectivity index (χ0n) is 12.8. The lowest BCUT2D eigenvalue weighted by Crippen LogP contribution is -2.18. The molecule has 1 N–H and O–H groups in total. The molecule has 0 saturated carbocycles. The first-order valence-electron chi connectivity index (χ1n) is 7.72. The molecule has 1 atom stereocenters. The fraction of sp³-hybridized carbons (Fsp3) is 0.444. The van der Waals surface area contributed by atoms with E-state index in [4.69, 9.17) is 4.74 Å². The van der Waals surface area contributed by atoms with E-state index in [1.165, 1.54) is 36.1 Å². The number of aryl methyl sites for hydroxylation is 2. The summed E-state index contributed by atoms with van der Waals surface area (Å²) in [6.45, 7) is 0. The summed E-state index contributed by atoms with van der Waals surface area (Å²) in [5.74, 6) is 0.985. The first kappa shape index (κ1) is 14.6. The number of rotatable bonds is 5. The average Bonchev–Trinajstić information content (AvgIpc) is 2.96. The number of ether oxygens (including phenoxy) is 1. The normalized spacial score (nSPS) is 15.5. The summed E-state index contributed by atoms with van der Waals surface area (Å²) < 4.78 is 5.48. The van der Waals surface area contributed by atoms with Gasteiger partial charge in [-0.2, -0.15) is 0 Å². The Hall–Kier alpha value is -1.32. The second-order valence-corrected chi connectivity index (χ2v) is 6.83. The van der Waals surface area contributed by atoms with Crippen LogP contribution in [0.3, 0.4) is 0 Å². The molecule has 2 aromatic rings. The van der Waals surface area contributed by atoms with Crippen LogP contribution in [0.1, 0.15) is 39.8 Å². The van der Waals surface area contributed by atoms with Crippen LogP contribution < -0.4 is 10.1 Å². The van der Waals surface area contributed by atoms with Gasteiger partial charge in [-0.15, -0.1) is 11.3 Å². The lowest BCUT2D eigenvalue weighted by atomic mass is 9.97. The third kappa shape index (κ3) is 3.14. The molecule has 1 heterocycles. The summed E-state index contributed by atoms with van der Waals surface area (Å²) in [7, 11) is 3.80. The van der Waals surface area contributed by atoms with Crippen molar-refractivity contribution in [3.05, 3.63) is 51.2 Å². The van der Waals surface area contributed by atoms with Gasteiger partial charge in [-0.25, -0.2) is 0 Å². The molecular weight excluding hydrogens is 278 g/mol. The van der Waals surface area contributed by atoms with E-state index in [-0.39, 0.29) is 0 Å². The molecule has 1 aliphatic carbocycles. The predicted octanol–water partition coefficient (Wildman–Crippen LogP) is 4.14. The molecule has 3 rings (SSSR count). The Labute approximate surface area is 131 Å². The van der Waals surface area contributed by atoms with Crippen molar-refractivity contribution in [2.45, 2.75) is 38.1 Å². The summed E-state index contributed by atoms with van der Waals surface area (Å²) in [6.07, 6.45) is 6.20. The molecule has 1 aliphatic rings. The molecular formula is C18H23NOS. The Morgan fingerprint density at radius 3 is 2.81 bits per heavy atom. The van der Waals surface area contributed by atoms with Crippen LogP contribution >= 0.6 is 11.3 Å². The number of fused-ring (bicyclic) bond motifs is 1. The van der Waals surface area contributed by atoms with Gasteiger partial charge < -0.3 is 10.1 Å². The number of benzene rings is 1. The highest BCUT2D eigenvalue weighted by molar-refractivity contribution is 7.12. The fourth-order valence-electron chi connectivity index (χ4n) is 3.12. The van der Waals surface area contributed by atoms with Gasteiger partial charge in [0.1, 0.15) is 5.75 Å². The number of nitrogens with one attached hydrogen (secondary N) is 1. The van der Waals surface area contributed by atoms with Crippen molar-refractivity contribution in [3.63, 3.8) is 0 Å². The number of hydrogen-bond donors (Lipinski definition) is 1. The Balaban J connectivity index is 1.83. The van der Waals surface area contributed by atoms with E-state index in [1.54, 1.807) is 17.6 Å². The minimum atomic E-state index is 0.372. The molecule has 1 unspecified atom stereocenters. The van der Waals surface area contributed by atoms with Crippen LogP contribution in [0.15, 0.2) is 30.3 Å². The van der Waals surface area contributed by atoms with Crippen LogP contribution in [0.4, 0.5) is 0 Å². The van der Waals surface area contributed by atoms with Gasteiger partial charge in [-0.1, -0.05) is 18.2 Å². The summed E-state index contributed by atoms with van der Waals surface area (Å²) in [5, 5.41) is 3.48. The fourth-order valence-corrected chi connectivity index (χ4v) is 4.49. The first-order chi connectivity index (χ1) is 10.3. The molecule has 0 amide bonds. The molecule has 0 bridgehead atoms. The van der Waals surface area contributed by atoms with Crippen molar-refractivity contribution < 1.29 is 4.74 Å². The summed E-state index contributed by atoms with van der Waals surface area (Å²) in [5.41, 5.74) is 2.85. The van der Waals surface area contributed by atoms with Crippen molar-refractivity contribution in [1.82, 2.24) is 5.32 Å². The smallest absolute Gasteiger partial charge is 0.122 e. The van der Waals surface area contributed by atoms with E-state index in [2.05, 4.69) is 30.6 Å². The lowest BCUT2D eigenvalue weighted by Gasteiger charge is -2.16. The Kier molecular flexibility index (Phi) is 4.61. The largest absolute Gasteiger partial charge is 0.496 e. The highest BCUT2D eigenvalue weighted by Gasteiger charge is 2.19. The van der Waals surface area contributed by atoms with E-state index < -0.39 is 0 Å². The van der Waals surface area contributed by atoms with E-state index in [9.17, 15) is 0 Å². The Morgan fingerprint density at radius 1 is 1.24 bits per heavy atom. The third-order valence-corrected chi connectivity index (χ3v) is 5.67. The van der Waals surface area contributed by atoms with E-state index in [1.807, 2.05) is 23.5 Å². The number of methoxy groups -OCH3 is 1. The van der Waals surface area contributed by atoms with Gasteiger partial charge in [0.25, 0.3) is 0 Å². The molecule has 1 aromatic heterocycles. The van der Waals surface area contributed by atoms with Crippen LogP contribution in [0, 0.1) is 0 Å². The molecule has 3 heteroatoms. The standard InChI is InChI=1S/C18H23NOS/c1-19-15(11-13-7-3-5-9-16(13)20-2)18-12-14-8-4-6-10-17(14)21-18/h3,5,7,9,12,15,19H,4,6,8,10-11H2,1-2H3. The van der Waals surface area contributed by atoms with E-state index >= 15 is 0 Å². The van der Waals surface area contributed by atoms with Crippen molar-refractivity contribution in [2.75, 3.05) is 14.2 Å². The number of likely N-dealkylation sites (N-methyl/N-ethyl adjacent to an activating group) is 1. The second-order valence-electron chi connectivity index (χ2n) is 5.66. The van der Waals surface area contributed by atoms with Gasteiger partial charge in [-0.3, -0.25) is 0 Å². The number of hydrogen-bond acceptors (Lipinski definition) is 3.